The number of imidazole rings is 2. The Balaban J connectivity index is 1.34. The van der Waals surface area contributed by atoms with Gasteiger partial charge in [-0.05, 0) is 43.1 Å². The number of rotatable bonds is 0. The molecule has 42 heavy (non-hydrogen) atoms. The second-order valence-corrected chi connectivity index (χ2v) is 11.6. The van der Waals surface area contributed by atoms with E-state index in [9.17, 15) is 0 Å². The van der Waals surface area contributed by atoms with Gasteiger partial charge in [0.25, 0.3) is 0 Å². The van der Waals surface area contributed by atoms with E-state index >= 15 is 0 Å². The minimum absolute atomic E-state index is 0.818. The third kappa shape index (κ3) is 3.61. The van der Waals surface area contributed by atoms with Crippen LogP contribution >= 0.6 is 0 Å². The maximum atomic E-state index is 2.34. The molecule has 0 unspecified atom stereocenters. The Labute approximate surface area is 243 Å². The van der Waals surface area contributed by atoms with Crippen molar-refractivity contribution in [2.75, 3.05) is 0 Å². The summed E-state index contributed by atoms with van der Waals surface area (Å²) in [6, 6.07) is 35.8. The van der Waals surface area contributed by atoms with E-state index in [0.717, 1.165) is 26.2 Å². The van der Waals surface area contributed by atoms with Crippen LogP contribution in [0.2, 0.25) is 0 Å². The summed E-state index contributed by atoms with van der Waals surface area (Å²) in [4.78, 5) is 0. The van der Waals surface area contributed by atoms with E-state index < -0.39 is 0 Å². The molecule has 8 aromatic rings. The smallest absolute Gasteiger partial charge is 0.233 e. The molecule has 2 aliphatic heterocycles. The van der Waals surface area contributed by atoms with E-state index in [2.05, 4.69) is 153 Å². The SMILES string of the molecule is c1ccc2c3c4ccccc4c(c2c1)Cn1cc[n+](c1)Cc1c2ccccc2c(c2ccccc12)Cn1cc[n+](c1)C3. The molecular formula is C38H30N4+2. The fraction of sp³-hybridized carbons (Fsp3) is 0.105. The van der Waals surface area contributed by atoms with Crippen molar-refractivity contribution in [2.45, 2.75) is 26.2 Å². The second-order valence-electron chi connectivity index (χ2n) is 11.6. The molecule has 0 N–H and O–H groups in total. The standard InChI is InChI=1S/C38H30N4/c1-2-10-28-27(9-1)35-21-39-17-18-41(25-39)23-37-31-13-5-7-15-33(31)38(34-16-8-6-14-32(34)37)24-42-20-19-40(26-42)22-36(28)30-12-4-3-11-29(30)35/h1-20,25-26H,21-24H2/q+2. The molecule has 0 atom stereocenters. The number of nitrogens with zero attached hydrogens (tertiary/aromatic N) is 4. The van der Waals surface area contributed by atoms with E-state index in [4.69, 9.17) is 0 Å². The topological polar surface area (TPSA) is 17.6 Å². The Hall–Kier alpha value is -5.22. The first-order valence-electron chi connectivity index (χ1n) is 14.7. The first kappa shape index (κ1) is 23.5. The van der Waals surface area contributed by atoms with Crippen molar-refractivity contribution in [1.82, 2.24) is 9.13 Å². The lowest BCUT2D eigenvalue weighted by Gasteiger charge is -2.16. The van der Waals surface area contributed by atoms with Gasteiger partial charge in [0.15, 0.2) is 0 Å². The van der Waals surface area contributed by atoms with Crippen LogP contribution in [-0.2, 0) is 26.2 Å². The van der Waals surface area contributed by atoms with Gasteiger partial charge < -0.3 is 0 Å². The van der Waals surface area contributed by atoms with E-state index in [-0.39, 0.29) is 0 Å². The summed E-state index contributed by atoms with van der Waals surface area (Å²) in [7, 11) is 0. The van der Waals surface area contributed by atoms with Gasteiger partial charge in [0.2, 0.25) is 12.7 Å². The molecule has 0 spiro atoms. The van der Waals surface area contributed by atoms with Crippen molar-refractivity contribution in [3.63, 3.8) is 0 Å². The molecule has 0 amide bonds. The highest BCUT2D eigenvalue weighted by atomic mass is 15.1. The number of aromatic nitrogens is 4. The average molecular weight is 543 g/mol. The Bertz CT molecular complexity index is 1880. The minimum atomic E-state index is 0.818. The van der Waals surface area contributed by atoms with Crippen LogP contribution in [0.5, 0.6) is 0 Å². The summed E-state index contributed by atoms with van der Waals surface area (Å²) in [6.07, 6.45) is 13.4. The Kier molecular flexibility index (Phi) is 5.12. The molecule has 0 saturated heterocycles. The second kappa shape index (κ2) is 9.15. The maximum absolute atomic E-state index is 2.34. The summed E-state index contributed by atoms with van der Waals surface area (Å²) < 4.78 is 9.35. The van der Waals surface area contributed by atoms with Crippen LogP contribution < -0.4 is 9.13 Å². The Morgan fingerprint density at radius 1 is 0.381 bits per heavy atom. The largest absolute Gasteiger partial charge is 0.244 e. The van der Waals surface area contributed by atoms with E-state index in [1.54, 1.807) is 0 Å². The molecule has 4 heteroatoms. The minimum Gasteiger partial charge on any atom is -0.233 e. The Morgan fingerprint density at radius 2 is 0.667 bits per heavy atom. The predicted octanol–water partition coefficient (Wildman–Crippen LogP) is 6.98. The predicted molar refractivity (Wildman–Crippen MR) is 169 cm³/mol. The number of hydrogen-bond donors (Lipinski definition) is 0. The summed E-state index contributed by atoms with van der Waals surface area (Å²) >= 11 is 0. The fourth-order valence-electron chi connectivity index (χ4n) is 7.28. The third-order valence-electron chi connectivity index (χ3n) is 9.16. The normalized spacial score (nSPS) is 13.3. The van der Waals surface area contributed by atoms with E-state index in [1.807, 2.05) is 0 Å². The van der Waals surface area contributed by atoms with Gasteiger partial charge in [-0.2, -0.15) is 0 Å². The van der Waals surface area contributed by atoms with Crippen molar-refractivity contribution < 1.29 is 9.13 Å². The molecule has 10 rings (SSSR count). The van der Waals surface area contributed by atoms with Crippen LogP contribution in [-0.4, -0.2) is 9.13 Å². The Morgan fingerprint density at radius 3 is 0.976 bits per heavy atom. The van der Waals surface area contributed by atoms with Crippen molar-refractivity contribution in [3.8, 4) is 0 Å². The summed E-state index contributed by atoms with van der Waals surface area (Å²) in [5.74, 6) is 0. The van der Waals surface area contributed by atoms with Gasteiger partial charge in [-0.1, -0.05) is 97.1 Å². The van der Waals surface area contributed by atoms with Gasteiger partial charge in [-0.3, -0.25) is 0 Å². The highest BCUT2D eigenvalue weighted by Crippen LogP contribution is 2.35. The molecule has 4 nitrogen and oxygen atoms in total. The molecule has 0 aliphatic carbocycles. The van der Waals surface area contributed by atoms with Crippen LogP contribution in [0.15, 0.2) is 135 Å². The van der Waals surface area contributed by atoms with Gasteiger partial charge in [-0.25, -0.2) is 18.3 Å². The molecule has 6 aromatic carbocycles. The zero-order valence-corrected chi connectivity index (χ0v) is 23.3. The van der Waals surface area contributed by atoms with Crippen molar-refractivity contribution in [2.24, 2.45) is 0 Å². The van der Waals surface area contributed by atoms with Gasteiger partial charge in [-0.15, -0.1) is 0 Å². The monoisotopic (exact) mass is 542 g/mol. The average Bonchev–Trinajstić information content (AvgIpc) is 3.68. The number of hydrogen-bond acceptors (Lipinski definition) is 0. The lowest BCUT2D eigenvalue weighted by Crippen LogP contribution is -2.32. The molecule has 8 bridgehead atoms. The highest BCUT2D eigenvalue weighted by Gasteiger charge is 2.21. The summed E-state index contributed by atoms with van der Waals surface area (Å²) in [6.45, 7) is 3.27. The zero-order valence-electron chi connectivity index (χ0n) is 23.3. The first-order valence-corrected chi connectivity index (χ1v) is 14.7. The lowest BCUT2D eigenvalue weighted by molar-refractivity contribution is -0.687. The van der Waals surface area contributed by atoms with Gasteiger partial charge in [0.05, 0.1) is 0 Å². The van der Waals surface area contributed by atoms with Gasteiger partial charge in [0.1, 0.15) is 51.0 Å². The summed E-state index contributed by atoms with van der Waals surface area (Å²) in [5.41, 5.74) is 5.49. The molecule has 4 heterocycles. The van der Waals surface area contributed by atoms with Crippen LogP contribution in [0.4, 0.5) is 0 Å². The molecule has 0 radical (unpaired) electrons. The van der Waals surface area contributed by atoms with Crippen molar-refractivity contribution in [1.29, 1.82) is 0 Å². The van der Waals surface area contributed by atoms with Gasteiger partial charge in [0, 0.05) is 22.3 Å². The molecular weight excluding hydrogens is 512 g/mol. The quantitative estimate of drug-likeness (QED) is 0.145. The van der Waals surface area contributed by atoms with Crippen LogP contribution in [0.25, 0.3) is 43.1 Å². The first-order chi connectivity index (χ1) is 20.8. The van der Waals surface area contributed by atoms with Crippen LogP contribution in [0.1, 0.15) is 22.3 Å². The maximum Gasteiger partial charge on any atom is 0.244 e. The molecule has 0 saturated carbocycles. The third-order valence-corrected chi connectivity index (χ3v) is 9.16. The molecule has 0 fully saturated rings. The number of benzene rings is 6. The highest BCUT2D eigenvalue weighted by molar-refractivity contribution is 6.06. The number of fused-ring (bicyclic) bond motifs is 1. The van der Waals surface area contributed by atoms with Crippen molar-refractivity contribution in [3.05, 3.63) is 157 Å². The molecule has 2 aliphatic rings. The fourth-order valence-corrected chi connectivity index (χ4v) is 7.28. The van der Waals surface area contributed by atoms with E-state index in [1.165, 1.54) is 65.3 Å². The van der Waals surface area contributed by atoms with E-state index in [0.29, 0.717) is 0 Å². The van der Waals surface area contributed by atoms with Crippen molar-refractivity contribution >= 4 is 43.1 Å². The molecule has 200 valence electrons. The molecule has 2 aromatic heterocycles. The van der Waals surface area contributed by atoms with Crippen LogP contribution in [0, 0.1) is 0 Å². The summed E-state index contributed by atoms with van der Waals surface area (Å²) in [5, 5.41) is 10.7. The lowest BCUT2D eigenvalue weighted by atomic mass is 9.91. The van der Waals surface area contributed by atoms with Gasteiger partial charge >= 0.3 is 0 Å². The zero-order chi connectivity index (χ0) is 27.6. The van der Waals surface area contributed by atoms with Crippen LogP contribution in [0.3, 0.4) is 0 Å².